The van der Waals surface area contributed by atoms with Crippen LogP contribution in [0.2, 0.25) is 0 Å². The van der Waals surface area contributed by atoms with Crippen molar-refractivity contribution in [3.8, 4) is 39.1 Å². The van der Waals surface area contributed by atoms with Gasteiger partial charge in [0.05, 0.1) is 11.0 Å². The number of rotatable bonds is 5. The lowest BCUT2D eigenvalue weighted by atomic mass is 9.82. The van der Waals surface area contributed by atoms with Crippen LogP contribution in [0.25, 0.3) is 115 Å². The minimum atomic E-state index is -0.0762. The molecule has 2 heterocycles. The van der Waals surface area contributed by atoms with Gasteiger partial charge in [0.1, 0.15) is 0 Å². The molecule has 11 aromatic rings. The predicted molar refractivity (Wildman–Crippen MR) is 262 cm³/mol. The highest BCUT2D eigenvalue weighted by Gasteiger charge is 2.36. The molecule has 0 aliphatic heterocycles. The van der Waals surface area contributed by atoms with Gasteiger partial charge in [-0.1, -0.05) is 148 Å². The van der Waals surface area contributed by atoms with Crippen molar-refractivity contribution in [1.82, 2.24) is 4.57 Å². The highest BCUT2D eigenvalue weighted by Crippen LogP contribution is 2.51. The Morgan fingerprint density at radius 2 is 1.10 bits per heavy atom. The van der Waals surface area contributed by atoms with Crippen molar-refractivity contribution in [2.45, 2.75) is 26.2 Å². The summed E-state index contributed by atoms with van der Waals surface area (Å²) in [6.07, 6.45) is 6.30. The number of benzene rings is 9. The lowest BCUT2D eigenvalue weighted by molar-refractivity contribution is 0.661. The average Bonchev–Trinajstić information content (AvgIpc) is 3.89. The summed E-state index contributed by atoms with van der Waals surface area (Å²) in [6.45, 7) is 10.9. The summed E-state index contributed by atoms with van der Waals surface area (Å²) >= 11 is 1.80. The monoisotopic (exact) mass is 783 g/mol. The number of fused-ring (bicyclic) bond motifs is 13. The Kier molecular flexibility index (Phi) is 7.58. The first-order chi connectivity index (χ1) is 29.4. The quantitative estimate of drug-likeness (QED) is 0.153. The van der Waals surface area contributed by atoms with Crippen LogP contribution >= 0.6 is 11.3 Å². The van der Waals surface area contributed by atoms with Gasteiger partial charge in [0.25, 0.3) is 0 Å². The minimum absolute atomic E-state index is 0.0762. The van der Waals surface area contributed by atoms with E-state index >= 15 is 0 Å². The summed E-state index contributed by atoms with van der Waals surface area (Å²) in [4.78, 5) is 1.22. The van der Waals surface area contributed by atoms with E-state index in [1.165, 1.54) is 125 Å². The van der Waals surface area contributed by atoms with E-state index in [4.69, 9.17) is 0 Å². The lowest BCUT2D eigenvalue weighted by Crippen LogP contribution is -2.14. The fourth-order valence-corrected chi connectivity index (χ4v) is 11.4. The molecule has 12 rings (SSSR count). The number of thiophene rings is 1. The largest absolute Gasteiger partial charge is 0.309 e. The van der Waals surface area contributed by atoms with Crippen molar-refractivity contribution in [2.24, 2.45) is 0 Å². The van der Waals surface area contributed by atoms with Gasteiger partial charge in [-0.25, -0.2) is 0 Å². The molecule has 1 aliphatic carbocycles. The molecule has 0 saturated heterocycles. The van der Waals surface area contributed by atoms with Crippen LogP contribution in [0.15, 0.2) is 176 Å². The predicted octanol–water partition coefficient (Wildman–Crippen LogP) is 16.8. The van der Waals surface area contributed by atoms with Crippen molar-refractivity contribution in [3.63, 3.8) is 0 Å². The number of hydrogen-bond donors (Lipinski definition) is 0. The molecular formula is C58H41NS. The zero-order chi connectivity index (χ0) is 40.3. The minimum Gasteiger partial charge on any atom is -0.309 e. The van der Waals surface area contributed by atoms with Crippen LogP contribution in [0.1, 0.15) is 42.3 Å². The second kappa shape index (κ2) is 13.0. The molecule has 9 aromatic carbocycles. The fourth-order valence-electron chi connectivity index (χ4n) is 10.4. The Balaban J connectivity index is 1.00. The van der Waals surface area contributed by atoms with Crippen LogP contribution in [-0.2, 0) is 5.41 Å². The summed E-state index contributed by atoms with van der Waals surface area (Å²) in [5.41, 5.74) is 15.2. The van der Waals surface area contributed by atoms with Gasteiger partial charge in [0.2, 0.25) is 0 Å². The number of para-hydroxylation sites is 1. The van der Waals surface area contributed by atoms with E-state index in [0.717, 1.165) is 0 Å². The third-order valence-corrected chi connectivity index (χ3v) is 14.4. The van der Waals surface area contributed by atoms with Gasteiger partial charge in [-0.15, -0.1) is 11.3 Å². The number of nitrogens with zero attached hydrogens (tertiary/aromatic N) is 1. The molecule has 0 radical (unpaired) electrons. The third kappa shape index (κ3) is 4.98. The zero-order valence-corrected chi connectivity index (χ0v) is 34.7. The second-order valence-corrected chi connectivity index (χ2v) is 17.9. The van der Waals surface area contributed by atoms with E-state index in [9.17, 15) is 0 Å². The van der Waals surface area contributed by atoms with E-state index in [0.29, 0.717) is 0 Å². The molecule has 60 heavy (non-hydrogen) atoms. The number of hydrogen-bond acceptors (Lipinski definition) is 1. The van der Waals surface area contributed by atoms with Crippen molar-refractivity contribution < 1.29 is 0 Å². The SMILES string of the molecule is C=Cc1sc2ccc(-c3ccc4c5ccc(-c6cccc(-n7c8ccccc8c8cc9c(cc87)C(C)(C)c7ccccc7-9)c6)cc5c5ccccc5c4c3)cc2c1/C=C\C. The molecule has 1 aliphatic rings. The van der Waals surface area contributed by atoms with Crippen LogP contribution < -0.4 is 0 Å². The average molecular weight is 784 g/mol. The molecule has 1 nitrogen and oxygen atoms in total. The molecule has 284 valence electrons. The van der Waals surface area contributed by atoms with Gasteiger partial charge in [-0.3, -0.25) is 0 Å². The van der Waals surface area contributed by atoms with Crippen LogP contribution in [-0.4, -0.2) is 4.57 Å². The molecule has 0 bridgehead atoms. The van der Waals surface area contributed by atoms with E-state index < -0.39 is 0 Å². The first-order valence-electron chi connectivity index (χ1n) is 20.9. The van der Waals surface area contributed by atoms with Crippen molar-refractivity contribution in [2.75, 3.05) is 0 Å². The highest BCUT2D eigenvalue weighted by molar-refractivity contribution is 7.20. The summed E-state index contributed by atoms with van der Waals surface area (Å²) in [5.74, 6) is 0. The molecule has 0 saturated carbocycles. The van der Waals surface area contributed by atoms with Crippen LogP contribution in [0.3, 0.4) is 0 Å². The van der Waals surface area contributed by atoms with Crippen LogP contribution in [0.4, 0.5) is 0 Å². The molecule has 0 N–H and O–H groups in total. The zero-order valence-electron chi connectivity index (χ0n) is 33.9. The van der Waals surface area contributed by atoms with Crippen molar-refractivity contribution in [1.29, 1.82) is 0 Å². The fraction of sp³-hybridized carbons (Fsp3) is 0.0690. The van der Waals surface area contributed by atoms with Gasteiger partial charge in [0.15, 0.2) is 0 Å². The highest BCUT2D eigenvalue weighted by atomic mass is 32.1. The maximum absolute atomic E-state index is 4.09. The van der Waals surface area contributed by atoms with Gasteiger partial charge in [-0.05, 0) is 144 Å². The molecular weight excluding hydrogens is 743 g/mol. The smallest absolute Gasteiger partial charge is 0.0544 e. The summed E-state index contributed by atoms with van der Waals surface area (Å²) < 4.78 is 3.76. The van der Waals surface area contributed by atoms with Crippen molar-refractivity contribution in [3.05, 3.63) is 198 Å². The molecule has 0 unspecified atom stereocenters. The van der Waals surface area contributed by atoms with Crippen molar-refractivity contribution >= 4 is 87.7 Å². The number of aromatic nitrogens is 1. The Hall–Kier alpha value is -7.00. The molecule has 0 spiro atoms. The van der Waals surface area contributed by atoms with Gasteiger partial charge >= 0.3 is 0 Å². The first-order valence-corrected chi connectivity index (χ1v) is 21.7. The number of allylic oxidation sites excluding steroid dienone is 1. The van der Waals surface area contributed by atoms with E-state index in [1.807, 2.05) is 6.08 Å². The third-order valence-electron chi connectivity index (χ3n) is 13.3. The van der Waals surface area contributed by atoms with Gasteiger partial charge in [-0.2, -0.15) is 0 Å². The Labute approximate surface area is 353 Å². The first kappa shape index (κ1) is 35.0. The maximum Gasteiger partial charge on any atom is 0.0544 e. The topological polar surface area (TPSA) is 4.93 Å². The Bertz CT molecular complexity index is 3640. The maximum atomic E-state index is 4.09. The summed E-state index contributed by atoms with van der Waals surface area (Å²) in [7, 11) is 0. The second-order valence-electron chi connectivity index (χ2n) is 16.8. The Morgan fingerprint density at radius 1 is 0.483 bits per heavy atom. The molecule has 0 amide bonds. The molecule has 0 fully saturated rings. The van der Waals surface area contributed by atoms with E-state index in [2.05, 4.69) is 208 Å². The van der Waals surface area contributed by atoms with Crippen LogP contribution in [0, 0.1) is 0 Å². The Morgan fingerprint density at radius 3 is 1.82 bits per heavy atom. The van der Waals surface area contributed by atoms with Gasteiger partial charge in [0, 0.05) is 36.8 Å². The standard InChI is InChI=1S/C58H41NS/c1-5-14-46-51-32-38(25-28-57(51)60-56(46)6-2)37-24-27-43-42-26-23-36(30-47(42)40-17-7-8-18-41(40)48(43)31-37)35-15-13-16-39(29-35)59-54-22-12-10-20-45(54)50-33-49-44-19-9-11-21-52(44)58(3,4)53(49)34-55(50)59/h5-34H,2H2,1,3-4H3/b14-5-. The van der Waals surface area contributed by atoms with Gasteiger partial charge < -0.3 is 4.57 Å². The van der Waals surface area contributed by atoms with Crippen LogP contribution in [0.5, 0.6) is 0 Å². The van der Waals surface area contributed by atoms with E-state index in [-0.39, 0.29) is 5.41 Å². The summed E-state index contributed by atoms with van der Waals surface area (Å²) in [5, 5.41) is 11.5. The molecule has 2 heteroatoms. The summed E-state index contributed by atoms with van der Waals surface area (Å²) in [6, 6.07) is 61.7. The normalized spacial score (nSPS) is 13.4. The molecule has 0 atom stereocenters. The molecule has 2 aromatic heterocycles. The van der Waals surface area contributed by atoms with E-state index in [1.54, 1.807) is 11.3 Å². The lowest BCUT2D eigenvalue weighted by Gasteiger charge is -2.21.